The number of anilines is 1. The van der Waals surface area contributed by atoms with Gasteiger partial charge in [0.2, 0.25) is 0 Å². The van der Waals surface area contributed by atoms with E-state index in [2.05, 4.69) is 15.1 Å². The minimum absolute atomic E-state index is 0.0634. The van der Waals surface area contributed by atoms with Crippen LogP contribution in [0.25, 0.3) is 5.78 Å². The molecule has 1 aliphatic rings. The lowest BCUT2D eigenvalue weighted by molar-refractivity contribution is -0.141. The van der Waals surface area contributed by atoms with Gasteiger partial charge in [-0.05, 0) is 30.5 Å². The van der Waals surface area contributed by atoms with Crippen molar-refractivity contribution in [2.45, 2.75) is 31.6 Å². The Balaban J connectivity index is 1.79. The molecule has 0 N–H and O–H groups in total. The van der Waals surface area contributed by atoms with Gasteiger partial charge < -0.3 is 4.90 Å². The van der Waals surface area contributed by atoms with Crippen LogP contribution < -0.4 is 4.90 Å². The summed E-state index contributed by atoms with van der Waals surface area (Å²) < 4.78 is 41.0. The van der Waals surface area contributed by atoms with Crippen LogP contribution in [-0.2, 0) is 12.7 Å². The van der Waals surface area contributed by atoms with E-state index in [1.807, 2.05) is 17.0 Å². The summed E-state index contributed by atoms with van der Waals surface area (Å²) in [6.07, 6.45) is -1.49. The summed E-state index contributed by atoms with van der Waals surface area (Å²) in [6, 6.07) is 8.47. The number of nitrogens with zero attached hydrogens (tertiary/aromatic N) is 5. The molecule has 1 saturated carbocycles. The van der Waals surface area contributed by atoms with E-state index >= 15 is 0 Å². The third-order valence-electron chi connectivity index (χ3n) is 4.07. The molecule has 0 radical (unpaired) electrons. The van der Waals surface area contributed by atoms with Crippen molar-refractivity contribution >= 4 is 23.2 Å². The Kier molecular flexibility index (Phi) is 3.79. The van der Waals surface area contributed by atoms with Crippen molar-refractivity contribution in [1.29, 1.82) is 0 Å². The Bertz CT molecular complexity index is 902. The molecular formula is C16H13ClF3N5. The Morgan fingerprint density at radius 3 is 2.56 bits per heavy atom. The molecule has 4 rings (SSSR count). The lowest BCUT2D eigenvalue weighted by Gasteiger charge is -2.25. The molecule has 0 atom stereocenters. The van der Waals surface area contributed by atoms with Gasteiger partial charge in [0.15, 0.2) is 5.69 Å². The second kappa shape index (κ2) is 5.87. The fraction of sp³-hybridized carbons (Fsp3) is 0.312. The Hall–Kier alpha value is -2.35. The van der Waals surface area contributed by atoms with Crippen molar-refractivity contribution < 1.29 is 13.2 Å². The van der Waals surface area contributed by atoms with Gasteiger partial charge in [-0.2, -0.15) is 27.8 Å². The number of hydrogen-bond donors (Lipinski definition) is 0. The lowest BCUT2D eigenvalue weighted by Crippen LogP contribution is -2.28. The summed E-state index contributed by atoms with van der Waals surface area (Å²) in [5, 5.41) is 4.66. The zero-order chi connectivity index (χ0) is 17.6. The van der Waals surface area contributed by atoms with Crippen molar-refractivity contribution in [3.63, 3.8) is 0 Å². The molecule has 2 heterocycles. The first-order chi connectivity index (χ1) is 11.9. The minimum atomic E-state index is -4.54. The summed E-state index contributed by atoms with van der Waals surface area (Å²) in [6.45, 7) is 0.456. The molecule has 5 nitrogen and oxygen atoms in total. The highest BCUT2D eigenvalue weighted by molar-refractivity contribution is 6.30. The first-order valence-electron chi connectivity index (χ1n) is 7.71. The number of benzene rings is 1. The standard InChI is InChI=1S/C16H13ClF3N5/c17-11-3-1-10(2-4-11)8-24(12-5-6-12)14-7-13(16(18,19)20)23-15-21-9-22-25(14)15/h1-4,7,9,12H,5-6,8H2. The number of rotatable bonds is 4. The SMILES string of the molecule is FC(F)(F)c1cc(N(Cc2ccc(Cl)cc2)C2CC2)n2ncnc2n1. The van der Waals surface area contributed by atoms with Crippen LogP contribution in [0.2, 0.25) is 5.02 Å². The molecular weight excluding hydrogens is 355 g/mol. The molecule has 0 saturated heterocycles. The first kappa shape index (κ1) is 16.1. The van der Waals surface area contributed by atoms with Crippen molar-refractivity contribution in [3.8, 4) is 0 Å². The van der Waals surface area contributed by atoms with Gasteiger partial charge >= 0.3 is 6.18 Å². The van der Waals surface area contributed by atoms with Crippen LogP contribution in [0.3, 0.4) is 0 Å². The third-order valence-corrected chi connectivity index (χ3v) is 4.32. The Morgan fingerprint density at radius 1 is 1.20 bits per heavy atom. The Labute approximate surface area is 146 Å². The molecule has 1 aliphatic carbocycles. The van der Waals surface area contributed by atoms with Crippen LogP contribution in [0.15, 0.2) is 36.7 Å². The van der Waals surface area contributed by atoms with Crippen LogP contribution in [0.1, 0.15) is 24.1 Å². The highest BCUT2D eigenvalue weighted by Crippen LogP contribution is 2.36. The van der Waals surface area contributed by atoms with Gasteiger partial charge in [0.1, 0.15) is 12.1 Å². The maximum absolute atomic E-state index is 13.2. The number of alkyl halides is 3. The van der Waals surface area contributed by atoms with E-state index in [9.17, 15) is 13.2 Å². The largest absolute Gasteiger partial charge is 0.433 e. The fourth-order valence-corrected chi connectivity index (χ4v) is 2.84. The monoisotopic (exact) mass is 367 g/mol. The normalized spacial score (nSPS) is 14.9. The molecule has 25 heavy (non-hydrogen) atoms. The van der Waals surface area contributed by atoms with Crippen LogP contribution in [0, 0.1) is 0 Å². The molecule has 0 amide bonds. The number of halogens is 4. The van der Waals surface area contributed by atoms with Crippen LogP contribution >= 0.6 is 11.6 Å². The minimum Gasteiger partial charge on any atom is -0.349 e. The van der Waals surface area contributed by atoms with Crippen LogP contribution in [-0.4, -0.2) is 25.6 Å². The van der Waals surface area contributed by atoms with Crippen molar-refractivity contribution in [2.24, 2.45) is 0 Å². The molecule has 3 aromatic rings. The second-order valence-corrected chi connectivity index (χ2v) is 6.39. The topological polar surface area (TPSA) is 46.3 Å². The number of fused-ring (bicyclic) bond motifs is 1. The highest BCUT2D eigenvalue weighted by atomic mass is 35.5. The number of aromatic nitrogens is 4. The zero-order valence-corrected chi connectivity index (χ0v) is 13.7. The Morgan fingerprint density at radius 2 is 1.92 bits per heavy atom. The van der Waals surface area contributed by atoms with Gasteiger partial charge in [-0.1, -0.05) is 23.7 Å². The average Bonchev–Trinajstić information content (AvgIpc) is 3.29. The molecule has 1 aromatic carbocycles. The molecule has 0 aliphatic heterocycles. The molecule has 0 spiro atoms. The summed E-state index contributed by atoms with van der Waals surface area (Å²) in [7, 11) is 0. The van der Waals surface area contributed by atoms with Gasteiger partial charge in [0, 0.05) is 23.7 Å². The molecule has 1 fully saturated rings. The third kappa shape index (κ3) is 3.26. The van der Waals surface area contributed by atoms with E-state index in [1.54, 1.807) is 12.1 Å². The molecule has 2 aromatic heterocycles. The van der Waals surface area contributed by atoms with Crippen molar-refractivity contribution in [1.82, 2.24) is 19.6 Å². The summed E-state index contributed by atoms with van der Waals surface area (Å²) in [5.74, 6) is 0.277. The zero-order valence-electron chi connectivity index (χ0n) is 12.9. The smallest absolute Gasteiger partial charge is 0.349 e. The molecule has 0 bridgehead atoms. The van der Waals surface area contributed by atoms with Gasteiger partial charge in [0.25, 0.3) is 5.78 Å². The predicted molar refractivity (Wildman–Crippen MR) is 86.4 cm³/mol. The molecule has 130 valence electrons. The summed E-state index contributed by atoms with van der Waals surface area (Å²) in [5.41, 5.74) is -0.0142. The van der Waals surface area contributed by atoms with Gasteiger partial charge in [-0.15, -0.1) is 0 Å². The van der Waals surface area contributed by atoms with Gasteiger partial charge in [0.05, 0.1) is 0 Å². The summed E-state index contributed by atoms with van der Waals surface area (Å²) >= 11 is 5.91. The van der Waals surface area contributed by atoms with E-state index in [0.29, 0.717) is 17.4 Å². The average molecular weight is 368 g/mol. The predicted octanol–water partition coefficient (Wildman–Crippen LogP) is 3.97. The van der Waals surface area contributed by atoms with Crippen molar-refractivity contribution in [2.75, 3.05) is 4.90 Å². The molecule has 9 heteroatoms. The first-order valence-corrected chi connectivity index (χ1v) is 8.09. The quantitative estimate of drug-likeness (QED) is 0.700. The van der Waals surface area contributed by atoms with Crippen LogP contribution in [0.5, 0.6) is 0 Å². The maximum Gasteiger partial charge on any atom is 0.433 e. The van der Waals surface area contributed by atoms with Gasteiger partial charge in [-0.25, -0.2) is 4.98 Å². The molecule has 0 unspecified atom stereocenters. The van der Waals surface area contributed by atoms with E-state index in [-0.39, 0.29) is 11.8 Å². The lowest BCUT2D eigenvalue weighted by atomic mass is 10.2. The van der Waals surface area contributed by atoms with E-state index in [0.717, 1.165) is 24.5 Å². The van der Waals surface area contributed by atoms with E-state index in [1.165, 1.54) is 10.8 Å². The van der Waals surface area contributed by atoms with Crippen molar-refractivity contribution in [3.05, 3.63) is 52.9 Å². The number of hydrogen-bond acceptors (Lipinski definition) is 4. The maximum atomic E-state index is 13.2. The summed E-state index contributed by atoms with van der Waals surface area (Å²) in [4.78, 5) is 9.32. The fourth-order valence-electron chi connectivity index (χ4n) is 2.72. The van der Waals surface area contributed by atoms with E-state index in [4.69, 9.17) is 11.6 Å². The van der Waals surface area contributed by atoms with Crippen LogP contribution in [0.4, 0.5) is 19.0 Å². The second-order valence-electron chi connectivity index (χ2n) is 5.95. The highest BCUT2D eigenvalue weighted by Gasteiger charge is 2.37. The van der Waals surface area contributed by atoms with Gasteiger partial charge in [-0.3, -0.25) is 0 Å². The van der Waals surface area contributed by atoms with E-state index < -0.39 is 11.9 Å².